The maximum absolute atomic E-state index is 12.8. The molecule has 0 bridgehead atoms. The summed E-state index contributed by atoms with van der Waals surface area (Å²) in [4.78, 5) is 15.0. The monoisotopic (exact) mass is 384 g/mol. The van der Waals surface area contributed by atoms with E-state index in [0.29, 0.717) is 30.3 Å². The molecule has 0 saturated carbocycles. The summed E-state index contributed by atoms with van der Waals surface area (Å²) in [6.07, 6.45) is 0.0107. The lowest BCUT2D eigenvalue weighted by Gasteiger charge is -2.39. The number of carbonyl (C=O) groups excluding carboxylic acids is 1. The first-order chi connectivity index (χ1) is 13.5. The third-order valence-corrected chi connectivity index (χ3v) is 5.04. The number of nitrogens with one attached hydrogen (secondary N) is 1. The van der Waals surface area contributed by atoms with E-state index in [0.717, 1.165) is 5.56 Å². The van der Waals surface area contributed by atoms with E-state index in [4.69, 9.17) is 14.2 Å². The molecule has 28 heavy (non-hydrogen) atoms. The normalized spacial score (nSPS) is 21.0. The van der Waals surface area contributed by atoms with Gasteiger partial charge in [-0.2, -0.15) is 0 Å². The average Bonchev–Trinajstić information content (AvgIpc) is 2.73. The van der Waals surface area contributed by atoms with Crippen molar-refractivity contribution in [2.45, 2.75) is 32.1 Å². The van der Waals surface area contributed by atoms with Crippen LogP contribution in [0, 0.1) is 0 Å². The van der Waals surface area contributed by atoms with Crippen molar-refractivity contribution in [1.29, 1.82) is 0 Å². The third kappa shape index (κ3) is 4.64. The molecular formula is C22H28N2O4. The van der Waals surface area contributed by atoms with Crippen LogP contribution in [0.5, 0.6) is 11.5 Å². The molecule has 1 saturated heterocycles. The predicted molar refractivity (Wildman–Crippen MR) is 109 cm³/mol. The van der Waals surface area contributed by atoms with Crippen molar-refractivity contribution in [3.05, 3.63) is 54.1 Å². The van der Waals surface area contributed by atoms with Crippen LogP contribution in [-0.4, -0.2) is 50.3 Å². The smallest absolute Gasteiger partial charge is 0.241 e. The number of hydrogen-bond acceptors (Lipinski definition) is 5. The topological polar surface area (TPSA) is 60.0 Å². The first-order valence-electron chi connectivity index (χ1n) is 9.49. The van der Waals surface area contributed by atoms with Crippen molar-refractivity contribution in [2.75, 3.05) is 32.6 Å². The number of anilines is 1. The second kappa shape index (κ2) is 9.08. The molecule has 1 N–H and O–H groups in total. The molecule has 0 spiro atoms. The Morgan fingerprint density at radius 3 is 2.50 bits per heavy atom. The van der Waals surface area contributed by atoms with Gasteiger partial charge < -0.3 is 19.5 Å². The summed E-state index contributed by atoms with van der Waals surface area (Å²) in [7, 11) is 3.16. The van der Waals surface area contributed by atoms with E-state index in [2.05, 4.69) is 22.3 Å². The first kappa shape index (κ1) is 20.2. The van der Waals surface area contributed by atoms with Gasteiger partial charge in [0.25, 0.3) is 0 Å². The van der Waals surface area contributed by atoms with E-state index < -0.39 is 0 Å². The van der Waals surface area contributed by atoms with Crippen LogP contribution >= 0.6 is 0 Å². The van der Waals surface area contributed by atoms with Crippen LogP contribution in [0.2, 0.25) is 0 Å². The number of rotatable bonds is 6. The number of amides is 1. The average molecular weight is 384 g/mol. The number of nitrogens with zero attached hydrogens (tertiary/aromatic N) is 1. The lowest BCUT2D eigenvalue weighted by molar-refractivity contribution is -0.128. The van der Waals surface area contributed by atoms with Crippen LogP contribution in [0.4, 0.5) is 5.69 Å². The highest BCUT2D eigenvalue weighted by Gasteiger charge is 2.32. The molecule has 0 aromatic heterocycles. The van der Waals surface area contributed by atoms with Crippen LogP contribution in [0.25, 0.3) is 0 Å². The summed E-state index contributed by atoms with van der Waals surface area (Å²) >= 11 is 0. The van der Waals surface area contributed by atoms with E-state index in [-0.39, 0.29) is 24.2 Å². The van der Waals surface area contributed by atoms with Gasteiger partial charge in [-0.05, 0) is 31.5 Å². The van der Waals surface area contributed by atoms with Crippen LogP contribution in [0.15, 0.2) is 48.5 Å². The Bertz CT molecular complexity index is 796. The number of morpholine rings is 1. The highest BCUT2D eigenvalue weighted by molar-refractivity contribution is 5.94. The minimum absolute atomic E-state index is 0.0405. The molecule has 3 rings (SSSR count). The molecule has 150 valence electrons. The van der Waals surface area contributed by atoms with Crippen molar-refractivity contribution in [1.82, 2.24) is 4.90 Å². The number of hydrogen-bond donors (Lipinski definition) is 1. The Balaban J connectivity index is 1.68. The quantitative estimate of drug-likeness (QED) is 0.826. The molecule has 0 radical (unpaired) electrons. The second-order valence-corrected chi connectivity index (χ2v) is 7.03. The summed E-state index contributed by atoms with van der Waals surface area (Å²) in [5, 5.41) is 2.98. The Morgan fingerprint density at radius 1 is 1.11 bits per heavy atom. The molecule has 2 aromatic rings. The van der Waals surface area contributed by atoms with Gasteiger partial charge in [-0.3, -0.25) is 9.69 Å². The number of carbonyl (C=O) groups is 1. The van der Waals surface area contributed by atoms with Crippen molar-refractivity contribution in [3.8, 4) is 11.5 Å². The van der Waals surface area contributed by atoms with E-state index in [1.165, 1.54) is 0 Å². The highest BCUT2D eigenvalue weighted by Crippen LogP contribution is 2.30. The van der Waals surface area contributed by atoms with Gasteiger partial charge in [-0.15, -0.1) is 0 Å². The SMILES string of the molecule is COc1ccc(NC(=O)C(C)N2CC(C)OC(c3ccccc3)C2)cc1OC. The fourth-order valence-electron chi connectivity index (χ4n) is 3.48. The van der Waals surface area contributed by atoms with Crippen molar-refractivity contribution in [2.24, 2.45) is 0 Å². The first-order valence-corrected chi connectivity index (χ1v) is 9.49. The molecule has 3 atom stereocenters. The zero-order chi connectivity index (χ0) is 20.1. The van der Waals surface area contributed by atoms with Gasteiger partial charge in [0.15, 0.2) is 11.5 Å². The molecule has 2 aromatic carbocycles. The minimum Gasteiger partial charge on any atom is -0.493 e. The van der Waals surface area contributed by atoms with Gasteiger partial charge in [0, 0.05) is 24.8 Å². The van der Waals surface area contributed by atoms with Crippen LogP contribution in [0.1, 0.15) is 25.5 Å². The van der Waals surface area contributed by atoms with Gasteiger partial charge >= 0.3 is 0 Å². The van der Waals surface area contributed by atoms with Crippen LogP contribution < -0.4 is 14.8 Å². The summed E-state index contributed by atoms with van der Waals surface area (Å²) in [5.74, 6) is 1.14. The second-order valence-electron chi connectivity index (χ2n) is 7.03. The highest BCUT2D eigenvalue weighted by atomic mass is 16.5. The van der Waals surface area contributed by atoms with Crippen LogP contribution in [-0.2, 0) is 9.53 Å². The maximum Gasteiger partial charge on any atom is 0.241 e. The fraction of sp³-hybridized carbons (Fsp3) is 0.409. The molecule has 1 aliphatic heterocycles. The molecule has 1 amide bonds. The van der Waals surface area contributed by atoms with E-state index in [1.807, 2.05) is 32.0 Å². The van der Waals surface area contributed by atoms with Gasteiger partial charge in [-0.1, -0.05) is 30.3 Å². The third-order valence-electron chi connectivity index (χ3n) is 5.04. The zero-order valence-electron chi connectivity index (χ0n) is 16.8. The molecule has 0 aliphatic carbocycles. The van der Waals surface area contributed by atoms with Crippen LogP contribution in [0.3, 0.4) is 0 Å². The summed E-state index contributed by atoms with van der Waals surface area (Å²) in [6, 6.07) is 15.2. The fourth-order valence-corrected chi connectivity index (χ4v) is 3.48. The number of ether oxygens (including phenoxy) is 3. The molecule has 3 unspecified atom stereocenters. The van der Waals surface area contributed by atoms with Crippen molar-refractivity contribution < 1.29 is 19.0 Å². The predicted octanol–water partition coefficient (Wildman–Crippen LogP) is 3.49. The lowest BCUT2D eigenvalue weighted by Crippen LogP contribution is -2.51. The van der Waals surface area contributed by atoms with E-state index >= 15 is 0 Å². The molecule has 1 heterocycles. The maximum atomic E-state index is 12.8. The Labute approximate surface area is 166 Å². The summed E-state index contributed by atoms with van der Waals surface area (Å²) in [5.41, 5.74) is 1.81. The Morgan fingerprint density at radius 2 is 1.82 bits per heavy atom. The van der Waals surface area contributed by atoms with Crippen molar-refractivity contribution in [3.63, 3.8) is 0 Å². The zero-order valence-corrected chi connectivity index (χ0v) is 16.8. The summed E-state index contributed by atoms with van der Waals surface area (Å²) < 4.78 is 16.7. The Kier molecular flexibility index (Phi) is 6.54. The van der Waals surface area contributed by atoms with Gasteiger partial charge in [0.05, 0.1) is 32.5 Å². The number of benzene rings is 2. The molecule has 6 heteroatoms. The van der Waals surface area contributed by atoms with Gasteiger partial charge in [-0.25, -0.2) is 0 Å². The summed E-state index contributed by atoms with van der Waals surface area (Å²) in [6.45, 7) is 5.36. The standard InChI is InChI=1S/C22H28N2O4/c1-15-13-24(14-21(28-15)17-8-6-5-7-9-17)16(2)22(25)23-18-10-11-19(26-3)20(12-18)27-4/h5-12,15-16,21H,13-14H2,1-4H3,(H,23,25). The minimum atomic E-state index is -0.286. The van der Waals surface area contributed by atoms with E-state index in [1.54, 1.807) is 32.4 Å². The van der Waals surface area contributed by atoms with Crippen molar-refractivity contribution >= 4 is 11.6 Å². The van der Waals surface area contributed by atoms with Gasteiger partial charge in [0.1, 0.15) is 0 Å². The Hall–Kier alpha value is -2.57. The lowest BCUT2D eigenvalue weighted by atomic mass is 10.1. The molecular weight excluding hydrogens is 356 g/mol. The number of methoxy groups -OCH3 is 2. The van der Waals surface area contributed by atoms with E-state index in [9.17, 15) is 4.79 Å². The van der Waals surface area contributed by atoms with Gasteiger partial charge in [0.2, 0.25) is 5.91 Å². The molecule has 6 nitrogen and oxygen atoms in total. The molecule has 1 aliphatic rings. The largest absolute Gasteiger partial charge is 0.493 e. The molecule has 1 fully saturated rings.